The molecule has 0 amide bonds. The van der Waals surface area contributed by atoms with E-state index >= 15 is 0 Å². The number of carbonyl (C=O) groups excluding carboxylic acids is 1. The van der Waals surface area contributed by atoms with Crippen LogP contribution in [0.4, 0.5) is 0 Å². The van der Waals surface area contributed by atoms with E-state index in [2.05, 4.69) is 48.5 Å². The van der Waals surface area contributed by atoms with Gasteiger partial charge in [0.2, 0.25) is 6.29 Å². The normalized spacial score (nSPS) is 55.0. The highest BCUT2D eigenvalue weighted by Gasteiger charge is 2.72. The van der Waals surface area contributed by atoms with Crippen LogP contribution >= 0.6 is 0 Å². The van der Waals surface area contributed by atoms with Gasteiger partial charge in [0.15, 0.2) is 0 Å². The molecule has 0 aromatic carbocycles. The highest BCUT2D eigenvalue weighted by molar-refractivity contribution is 5.78. The Bertz CT molecular complexity index is 1110. The largest absolute Gasteiger partial charge is 0.432 e. The second-order valence-electron chi connectivity index (χ2n) is 17.8. The molecule has 0 aromatic rings. The molecule has 6 fully saturated rings. The summed E-state index contributed by atoms with van der Waals surface area (Å²) in [4.78, 5) is 14.4. The van der Waals surface area contributed by atoms with Gasteiger partial charge in [-0.15, -0.1) is 0 Å². The molecule has 1 saturated heterocycles. The first-order chi connectivity index (χ1) is 20.5. The summed E-state index contributed by atoms with van der Waals surface area (Å²) in [6.45, 7) is 16.2. The van der Waals surface area contributed by atoms with Crippen LogP contribution in [0.1, 0.15) is 113 Å². The molecular formula is C36H60O8. The molecule has 0 bridgehead atoms. The minimum atomic E-state index is -1.59. The van der Waals surface area contributed by atoms with Crippen molar-refractivity contribution in [1.29, 1.82) is 0 Å². The molecule has 8 heteroatoms. The zero-order chi connectivity index (χ0) is 32.2. The Hall–Kier alpha value is -0.770. The summed E-state index contributed by atoms with van der Waals surface area (Å²) >= 11 is 0. The molecule has 0 unspecified atom stereocenters. The Labute approximate surface area is 264 Å². The maximum Gasteiger partial charge on any atom is 0.314 e. The third-order valence-electron chi connectivity index (χ3n) is 15.8. The van der Waals surface area contributed by atoms with E-state index in [4.69, 9.17) is 9.47 Å². The van der Waals surface area contributed by atoms with Gasteiger partial charge in [0.1, 0.15) is 24.4 Å². The summed E-state index contributed by atoms with van der Waals surface area (Å²) in [7, 11) is 0. The zero-order valence-electron chi connectivity index (χ0n) is 28.2. The van der Waals surface area contributed by atoms with Gasteiger partial charge in [-0.05, 0) is 121 Å². The number of ether oxygens (including phenoxy) is 2. The topological polar surface area (TPSA) is 137 Å². The lowest BCUT2D eigenvalue weighted by molar-refractivity contribution is -0.299. The summed E-state index contributed by atoms with van der Waals surface area (Å²) in [5.74, 6) is 2.06. The average Bonchev–Trinajstić information content (AvgIpc) is 3.37. The molecule has 6 aliphatic rings. The predicted octanol–water partition coefficient (Wildman–Crippen LogP) is 4.43. The minimum absolute atomic E-state index is 0.0686. The van der Waals surface area contributed by atoms with Crippen molar-refractivity contribution in [3.63, 3.8) is 0 Å². The van der Waals surface area contributed by atoms with Crippen molar-refractivity contribution in [2.24, 2.45) is 62.6 Å². The summed E-state index contributed by atoms with van der Waals surface area (Å²) in [6, 6.07) is 0. The van der Waals surface area contributed by atoms with Gasteiger partial charge in [0.05, 0.1) is 18.1 Å². The van der Waals surface area contributed by atoms with E-state index in [9.17, 15) is 30.3 Å². The quantitative estimate of drug-likeness (QED) is 0.291. The van der Waals surface area contributed by atoms with Crippen LogP contribution in [-0.2, 0) is 14.3 Å². The molecule has 15 atom stereocenters. The van der Waals surface area contributed by atoms with E-state index < -0.39 is 42.7 Å². The van der Waals surface area contributed by atoms with Gasteiger partial charge in [0.25, 0.3) is 0 Å². The SMILES string of the molecule is CC(C)[C@@H]1CC[C@]2(C(=O)O[C@@H]3O[C@H](CO)[C@@H](O)[C@H](O)[C@H]3O)CC[C@]3(C)[C@H](CC[C@@H]4[C@@]5(C)CC[C@H](O)C(C)(C)[C@@H]5CC[C@]43C)[C@@H]12. The summed E-state index contributed by atoms with van der Waals surface area (Å²) in [5, 5.41) is 52.1. The summed E-state index contributed by atoms with van der Waals surface area (Å²) in [6.07, 6.45) is 2.42. The second kappa shape index (κ2) is 10.9. The van der Waals surface area contributed by atoms with E-state index in [0.29, 0.717) is 29.6 Å². The first-order valence-corrected chi connectivity index (χ1v) is 17.7. The second-order valence-corrected chi connectivity index (χ2v) is 17.8. The van der Waals surface area contributed by atoms with Crippen LogP contribution in [-0.4, -0.2) is 74.9 Å². The lowest BCUT2D eigenvalue weighted by Gasteiger charge is -2.72. The molecule has 5 aliphatic carbocycles. The first-order valence-electron chi connectivity index (χ1n) is 17.7. The van der Waals surface area contributed by atoms with Gasteiger partial charge in [0, 0.05) is 0 Å². The first kappa shape index (κ1) is 33.1. The van der Waals surface area contributed by atoms with Crippen molar-refractivity contribution >= 4 is 5.97 Å². The fourth-order valence-electron chi connectivity index (χ4n) is 13.1. The predicted molar refractivity (Wildman–Crippen MR) is 165 cm³/mol. The summed E-state index contributed by atoms with van der Waals surface area (Å²) < 4.78 is 11.6. The lowest BCUT2D eigenvalue weighted by Crippen LogP contribution is -2.67. The van der Waals surface area contributed by atoms with Crippen molar-refractivity contribution in [2.45, 2.75) is 149 Å². The lowest BCUT2D eigenvalue weighted by atomic mass is 9.32. The van der Waals surface area contributed by atoms with Crippen LogP contribution < -0.4 is 0 Å². The number of fused-ring (bicyclic) bond motifs is 7. The molecule has 1 aliphatic heterocycles. The monoisotopic (exact) mass is 620 g/mol. The molecule has 0 radical (unpaired) electrons. The van der Waals surface area contributed by atoms with E-state index in [1.807, 2.05) is 0 Å². The highest BCUT2D eigenvalue weighted by Crippen LogP contribution is 2.77. The molecule has 252 valence electrons. The van der Waals surface area contributed by atoms with Crippen molar-refractivity contribution in [2.75, 3.05) is 6.61 Å². The molecule has 0 aromatic heterocycles. The van der Waals surface area contributed by atoms with Gasteiger partial charge in [-0.2, -0.15) is 0 Å². The Kier molecular flexibility index (Phi) is 8.20. The van der Waals surface area contributed by atoms with E-state index in [1.165, 1.54) is 0 Å². The van der Waals surface area contributed by atoms with E-state index in [0.717, 1.165) is 64.2 Å². The van der Waals surface area contributed by atoms with Crippen LogP contribution in [0.2, 0.25) is 0 Å². The highest BCUT2D eigenvalue weighted by atomic mass is 16.7. The molecule has 8 nitrogen and oxygen atoms in total. The van der Waals surface area contributed by atoms with E-state index in [1.54, 1.807) is 0 Å². The average molecular weight is 621 g/mol. The van der Waals surface area contributed by atoms with Crippen molar-refractivity contribution < 1.29 is 39.8 Å². The Morgan fingerprint density at radius 2 is 1.50 bits per heavy atom. The van der Waals surface area contributed by atoms with Gasteiger partial charge < -0.3 is 35.0 Å². The fraction of sp³-hybridized carbons (Fsp3) is 0.972. The number of esters is 1. The zero-order valence-corrected chi connectivity index (χ0v) is 28.2. The number of hydrogen-bond acceptors (Lipinski definition) is 8. The maximum atomic E-state index is 14.4. The Balaban J connectivity index is 1.32. The smallest absolute Gasteiger partial charge is 0.314 e. The molecule has 5 saturated carbocycles. The van der Waals surface area contributed by atoms with Crippen LogP contribution in [0, 0.1) is 62.6 Å². The molecule has 5 N–H and O–H groups in total. The van der Waals surface area contributed by atoms with Gasteiger partial charge in [-0.25, -0.2) is 0 Å². The van der Waals surface area contributed by atoms with Crippen molar-refractivity contribution in [3.8, 4) is 0 Å². The molecule has 44 heavy (non-hydrogen) atoms. The molecule has 6 rings (SSSR count). The molecular weight excluding hydrogens is 560 g/mol. The van der Waals surface area contributed by atoms with Crippen LogP contribution in [0.25, 0.3) is 0 Å². The fourth-order valence-corrected chi connectivity index (χ4v) is 13.1. The maximum absolute atomic E-state index is 14.4. The number of aliphatic hydroxyl groups excluding tert-OH is 5. The molecule has 1 heterocycles. The van der Waals surface area contributed by atoms with Crippen molar-refractivity contribution in [1.82, 2.24) is 0 Å². The third kappa shape index (κ3) is 4.32. The van der Waals surface area contributed by atoms with Gasteiger partial charge in [-0.1, -0.05) is 48.5 Å². The Morgan fingerprint density at radius 1 is 0.795 bits per heavy atom. The van der Waals surface area contributed by atoms with Crippen LogP contribution in [0.5, 0.6) is 0 Å². The minimum Gasteiger partial charge on any atom is -0.432 e. The molecule has 0 spiro atoms. The van der Waals surface area contributed by atoms with Crippen LogP contribution in [0.3, 0.4) is 0 Å². The number of carbonyl (C=O) groups is 1. The standard InChI is InChI=1S/C36H60O8/c1-19(2)20-10-15-36(31(42)44-30-29(41)28(40)27(39)22(18-37)43-30)17-16-34(6)21(26(20)36)8-9-24-33(5)13-12-25(38)32(3,4)23(33)11-14-35(24,34)7/h19-30,37-41H,8-18H2,1-7H3/t20-,21+,22+,23-,24+,25-,26+,27+,28-,29+,30-,33-,34+,35+,36-/m0/s1. The van der Waals surface area contributed by atoms with Crippen molar-refractivity contribution in [3.05, 3.63) is 0 Å². The van der Waals surface area contributed by atoms with Crippen LogP contribution in [0.15, 0.2) is 0 Å². The van der Waals surface area contributed by atoms with Gasteiger partial charge >= 0.3 is 5.97 Å². The van der Waals surface area contributed by atoms with E-state index in [-0.39, 0.29) is 39.7 Å². The van der Waals surface area contributed by atoms with Gasteiger partial charge in [-0.3, -0.25) is 4.79 Å². The summed E-state index contributed by atoms with van der Waals surface area (Å²) in [5.41, 5.74) is -0.376. The number of hydrogen-bond donors (Lipinski definition) is 5. The number of aliphatic hydroxyl groups is 5. The number of rotatable bonds is 4. The Morgan fingerprint density at radius 3 is 2.16 bits per heavy atom. The third-order valence-corrected chi connectivity index (χ3v) is 15.8.